The number of carbonyl (C=O) groups excluding carboxylic acids is 2. The standard InChI is InChI=1S/C26H34N2O3S/c1-3-31-26(30)22-20-15-14-17(2)16-21(20)32-25(22)28-24(29)23(18-10-6-4-7-11-18)27-19-12-8-5-9-13-19/h4,6-7,10-11,17,19,23,27H,3,5,8-9,12-16H2,1-2H3,(H,28,29)/p+1/t17-,23-/m0/s1. The lowest BCUT2D eigenvalue weighted by Gasteiger charge is -2.25. The molecule has 5 nitrogen and oxygen atoms in total. The summed E-state index contributed by atoms with van der Waals surface area (Å²) in [5, 5.41) is 6.05. The van der Waals surface area contributed by atoms with Crippen molar-refractivity contribution in [3.63, 3.8) is 0 Å². The number of esters is 1. The Labute approximate surface area is 194 Å². The number of hydrogen-bond acceptors (Lipinski definition) is 4. The number of ether oxygens (including phenoxy) is 1. The van der Waals surface area contributed by atoms with Crippen molar-refractivity contribution in [2.75, 3.05) is 11.9 Å². The minimum Gasteiger partial charge on any atom is -0.462 e. The number of rotatable bonds is 7. The number of benzene rings is 1. The van der Waals surface area contributed by atoms with Crippen molar-refractivity contribution < 1.29 is 19.6 Å². The monoisotopic (exact) mass is 455 g/mol. The Morgan fingerprint density at radius 1 is 1.16 bits per heavy atom. The van der Waals surface area contributed by atoms with Gasteiger partial charge in [-0.05, 0) is 63.4 Å². The van der Waals surface area contributed by atoms with Crippen LogP contribution in [0.4, 0.5) is 5.00 Å². The summed E-state index contributed by atoms with van der Waals surface area (Å²) in [6, 6.07) is 10.1. The van der Waals surface area contributed by atoms with Crippen LogP contribution in [0, 0.1) is 5.92 Å². The molecule has 32 heavy (non-hydrogen) atoms. The van der Waals surface area contributed by atoms with Crippen LogP contribution < -0.4 is 10.6 Å². The molecule has 1 fully saturated rings. The summed E-state index contributed by atoms with van der Waals surface area (Å²) in [6.45, 7) is 4.40. The average Bonchev–Trinajstić information content (AvgIpc) is 3.15. The largest absolute Gasteiger partial charge is 0.462 e. The highest BCUT2D eigenvalue weighted by atomic mass is 32.1. The third kappa shape index (κ3) is 5.24. The van der Waals surface area contributed by atoms with Gasteiger partial charge in [0.05, 0.1) is 18.2 Å². The Balaban J connectivity index is 1.61. The van der Waals surface area contributed by atoms with Crippen LogP contribution in [-0.4, -0.2) is 24.5 Å². The third-order valence-electron chi connectivity index (χ3n) is 6.78. The van der Waals surface area contributed by atoms with Crippen molar-refractivity contribution in [3.8, 4) is 0 Å². The molecule has 172 valence electrons. The van der Waals surface area contributed by atoms with Gasteiger partial charge in [0.1, 0.15) is 5.00 Å². The molecule has 1 aromatic heterocycles. The van der Waals surface area contributed by atoms with Gasteiger partial charge in [-0.2, -0.15) is 0 Å². The summed E-state index contributed by atoms with van der Waals surface area (Å²) in [7, 11) is 0. The van der Waals surface area contributed by atoms with E-state index in [9.17, 15) is 9.59 Å². The molecule has 0 bridgehead atoms. The predicted octanol–water partition coefficient (Wildman–Crippen LogP) is 4.63. The van der Waals surface area contributed by atoms with E-state index in [1.807, 2.05) is 37.3 Å². The quantitative estimate of drug-likeness (QED) is 0.598. The van der Waals surface area contributed by atoms with Gasteiger partial charge in [0, 0.05) is 10.4 Å². The molecule has 0 aliphatic heterocycles. The van der Waals surface area contributed by atoms with Crippen molar-refractivity contribution in [1.82, 2.24) is 0 Å². The minimum absolute atomic E-state index is 0.0565. The first-order valence-electron chi connectivity index (χ1n) is 12.1. The molecule has 2 aliphatic rings. The highest BCUT2D eigenvalue weighted by Crippen LogP contribution is 2.40. The fourth-order valence-electron chi connectivity index (χ4n) is 5.06. The first-order chi connectivity index (χ1) is 15.6. The van der Waals surface area contributed by atoms with Gasteiger partial charge in [0.15, 0.2) is 6.04 Å². The van der Waals surface area contributed by atoms with Crippen LogP contribution >= 0.6 is 11.3 Å². The van der Waals surface area contributed by atoms with Gasteiger partial charge in [-0.3, -0.25) is 4.79 Å². The Kier molecular flexibility index (Phi) is 7.63. The lowest BCUT2D eigenvalue weighted by Crippen LogP contribution is -2.92. The summed E-state index contributed by atoms with van der Waals surface area (Å²) in [5.74, 6) is 0.220. The van der Waals surface area contributed by atoms with Crippen LogP contribution in [0.3, 0.4) is 0 Å². The maximum Gasteiger partial charge on any atom is 0.341 e. The molecule has 1 heterocycles. The van der Waals surface area contributed by atoms with E-state index in [2.05, 4.69) is 17.6 Å². The summed E-state index contributed by atoms with van der Waals surface area (Å²) in [5.41, 5.74) is 2.66. The van der Waals surface area contributed by atoms with Crippen LogP contribution in [0.2, 0.25) is 0 Å². The summed E-state index contributed by atoms with van der Waals surface area (Å²) in [6.07, 6.45) is 8.93. The second kappa shape index (κ2) is 10.6. The van der Waals surface area contributed by atoms with E-state index in [0.717, 1.165) is 43.2 Å². The van der Waals surface area contributed by atoms with Crippen molar-refractivity contribution in [2.45, 2.75) is 77.3 Å². The van der Waals surface area contributed by atoms with Crippen LogP contribution in [0.5, 0.6) is 0 Å². The molecule has 0 spiro atoms. The molecular weight excluding hydrogens is 420 g/mol. The van der Waals surface area contributed by atoms with E-state index >= 15 is 0 Å². The third-order valence-corrected chi connectivity index (χ3v) is 7.95. The molecule has 2 atom stereocenters. The zero-order valence-electron chi connectivity index (χ0n) is 19.2. The second-order valence-electron chi connectivity index (χ2n) is 9.24. The van der Waals surface area contributed by atoms with E-state index in [1.165, 1.54) is 24.1 Å². The first kappa shape index (κ1) is 23.0. The number of fused-ring (bicyclic) bond motifs is 1. The van der Waals surface area contributed by atoms with Crippen molar-refractivity contribution in [2.24, 2.45) is 5.92 Å². The Morgan fingerprint density at radius 2 is 1.91 bits per heavy atom. The van der Waals surface area contributed by atoms with Crippen LogP contribution in [0.25, 0.3) is 0 Å². The van der Waals surface area contributed by atoms with Gasteiger partial charge < -0.3 is 15.4 Å². The fraction of sp³-hybridized carbons (Fsp3) is 0.538. The van der Waals surface area contributed by atoms with Crippen molar-refractivity contribution in [3.05, 3.63) is 51.9 Å². The van der Waals surface area contributed by atoms with Gasteiger partial charge in [-0.1, -0.05) is 43.7 Å². The maximum absolute atomic E-state index is 13.6. The van der Waals surface area contributed by atoms with Crippen LogP contribution in [0.1, 0.15) is 84.8 Å². The average molecular weight is 456 g/mol. The molecule has 1 saturated carbocycles. The predicted molar refractivity (Wildman–Crippen MR) is 128 cm³/mol. The van der Waals surface area contributed by atoms with Gasteiger partial charge >= 0.3 is 5.97 Å². The number of thiophene rings is 1. The van der Waals surface area contributed by atoms with Gasteiger partial charge in [-0.15, -0.1) is 11.3 Å². The summed E-state index contributed by atoms with van der Waals surface area (Å²) in [4.78, 5) is 27.7. The Hall–Kier alpha value is -2.18. The molecule has 2 aromatic rings. The molecular formula is C26H35N2O3S+. The van der Waals surface area contributed by atoms with Gasteiger partial charge in [0.25, 0.3) is 5.91 Å². The molecule has 0 unspecified atom stereocenters. The van der Waals surface area contributed by atoms with E-state index < -0.39 is 0 Å². The van der Waals surface area contributed by atoms with Crippen molar-refractivity contribution in [1.29, 1.82) is 0 Å². The highest BCUT2D eigenvalue weighted by molar-refractivity contribution is 7.17. The maximum atomic E-state index is 13.6. The normalized spacial score (nSPS) is 19.8. The SMILES string of the molecule is CCOC(=O)c1c(NC(=O)[C@@H]([NH2+]C2CCCCC2)c2ccccc2)sc2c1CC[C@H](C)C2. The molecule has 6 heteroatoms. The molecule has 1 amide bonds. The fourth-order valence-corrected chi connectivity index (χ4v) is 6.46. The number of nitrogens with one attached hydrogen (secondary N) is 1. The molecule has 1 aromatic carbocycles. The topological polar surface area (TPSA) is 72.0 Å². The zero-order chi connectivity index (χ0) is 22.5. The van der Waals surface area contributed by atoms with E-state index in [4.69, 9.17) is 4.74 Å². The number of hydrogen-bond donors (Lipinski definition) is 2. The number of quaternary nitrogens is 1. The Morgan fingerprint density at radius 3 is 2.62 bits per heavy atom. The van der Waals surface area contributed by atoms with E-state index in [1.54, 1.807) is 11.3 Å². The lowest BCUT2D eigenvalue weighted by atomic mass is 9.88. The smallest absolute Gasteiger partial charge is 0.341 e. The highest BCUT2D eigenvalue weighted by Gasteiger charge is 2.33. The Bertz CT molecular complexity index is 934. The molecule has 3 N–H and O–H groups in total. The van der Waals surface area contributed by atoms with Gasteiger partial charge in [-0.25, -0.2) is 4.79 Å². The first-order valence-corrected chi connectivity index (χ1v) is 12.9. The van der Waals surface area contributed by atoms with Crippen molar-refractivity contribution >= 4 is 28.2 Å². The molecule has 0 radical (unpaired) electrons. The molecule has 2 aliphatic carbocycles. The minimum atomic E-state index is -0.326. The van der Waals surface area contributed by atoms with Crippen LogP contribution in [0.15, 0.2) is 30.3 Å². The lowest BCUT2D eigenvalue weighted by molar-refractivity contribution is -0.717. The number of carbonyl (C=O) groups is 2. The number of nitrogens with two attached hydrogens (primary N) is 1. The van der Waals surface area contributed by atoms with Gasteiger partial charge in [0.2, 0.25) is 0 Å². The van der Waals surface area contributed by atoms with Crippen LogP contribution in [-0.2, 0) is 22.4 Å². The second-order valence-corrected chi connectivity index (χ2v) is 10.3. The summed E-state index contributed by atoms with van der Waals surface area (Å²) < 4.78 is 5.38. The van der Waals surface area contributed by atoms with E-state index in [-0.39, 0.29) is 17.9 Å². The number of anilines is 1. The zero-order valence-corrected chi connectivity index (χ0v) is 20.0. The van der Waals surface area contributed by atoms with E-state index in [0.29, 0.717) is 29.1 Å². The molecule has 0 saturated heterocycles. The molecule has 4 rings (SSSR count). The number of amides is 1. The summed E-state index contributed by atoms with van der Waals surface area (Å²) >= 11 is 1.56.